The summed E-state index contributed by atoms with van der Waals surface area (Å²) in [6.45, 7) is 8.23. The third kappa shape index (κ3) is 5.02. The van der Waals surface area contributed by atoms with Gasteiger partial charge in [0.05, 0.1) is 5.56 Å². The number of aromatic nitrogens is 2. The van der Waals surface area contributed by atoms with Gasteiger partial charge in [-0.05, 0) is 31.2 Å². The van der Waals surface area contributed by atoms with Crippen LogP contribution in [0.5, 0.6) is 0 Å². The molecule has 0 atom stereocenters. The molecule has 1 saturated heterocycles. The minimum absolute atomic E-state index is 0.107. The number of nitrogens with zero attached hydrogens (tertiary/aromatic N) is 4. The first kappa shape index (κ1) is 22.8. The minimum atomic E-state index is -4.45. The van der Waals surface area contributed by atoms with Crippen molar-refractivity contribution in [3.05, 3.63) is 65.3 Å². The van der Waals surface area contributed by atoms with E-state index in [0.29, 0.717) is 26.2 Å². The largest absolute Gasteiger partial charge is 0.451 e. The quantitative estimate of drug-likeness (QED) is 0.541. The fourth-order valence-corrected chi connectivity index (χ4v) is 3.75. The Bertz CT molecular complexity index is 1150. The van der Waals surface area contributed by atoms with E-state index in [1.807, 2.05) is 26.8 Å². The van der Waals surface area contributed by atoms with Crippen LogP contribution in [0.3, 0.4) is 0 Å². The van der Waals surface area contributed by atoms with E-state index in [1.54, 1.807) is 4.90 Å². The summed E-state index contributed by atoms with van der Waals surface area (Å²) < 4.78 is 44.6. The number of furan rings is 1. The molecule has 0 bridgehead atoms. The average Bonchev–Trinajstić information content (AvgIpc) is 3.28. The summed E-state index contributed by atoms with van der Waals surface area (Å²) in [5, 5.41) is 0. The monoisotopic (exact) mass is 458 g/mol. The number of rotatable bonds is 4. The number of hydrogen-bond donors (Lipinski definition) is 0. The second kappa shape index (κ2) is 8.88. The van der Waals surface area contributed by atoms with Gasteiger partial charge in [-0.15, -0.1) is 0 Å². The Morgan fingerprint density at radius 2 is 1.76 bits per heavy atom. The molecule has 1 aliphatic rings. The standard InChI is InChI=1S/C24H25F3N4O2/c1-15(2)22-28-16(3)13-21(29-22)30-9-11-31(12-10-30)23(32)20-8-7-19(33-20)17-5-4-6-18(14-17)24(25,26)27/h4-8,13-15H,9-12H2,1-3H3. The van der Waals surface area contributed by atoms with Crippen LogP contribution < -0.4 is 4.90 Å². The lowest BCUT2D eigenvalue weighted by Crippen LogP contribution is -2.49. The lowest BCUT2D eigenvalue weighted by molar-refractivity contribution is -0.137. The van der Waals surface area contributed by atoms with Gasteiger partial charge in [0.2, 0.25) is 0 Å². The highest BCUT2D eigenvalue weighted by Gasteiger charge is 2.31. The molecule has 174 valence electrons. The molecule has 4 rings (SSSR count). The number of hydrogen-bond acceptors (Lipinski definition) is 5. The summed E-state index contributed by atoms with van der Waals surface area (Å²) in [6, 6.07) is 9.83. The molecule has 6 nitrogen and oxygen atoms in total. The Labute approximate surface area is 190 Å². The molecule has 0 N–H and O–H groups in total. The van der Waals surface area contributed by atoms with Gasteiger partial charge in [0, 0.05) is 49.4 Å². The van der Waals surface area contributed by atoms with Gasteiger partial charge in [0.1, 0.15) is 17.4 Å². The highest BCUT2D eigenvalue weighted by molar-refractivity contribution is 5.92. The average molecular weight is 458 g/mol. The van der Waals surface area contributed by atoms with E-state index in [0.717, 1.165) is 29.5 Å². The van der Waals surface area contributed by atoms with Gasteiger partial charge in [-0.1, -0.05) is 26.0 Å². The molecule has 3 heterocycles. The maximum atomic E-state index is 13.0. The number of piperazine rings is 1. The van der Waals surface area contributed by atoms with Crippen LogP contribution >= 0.6 is 0 Å². The smallest absolute Gasteiger partial charge is 0.416 e. The third-order valence-corrected chi connectivity index (χ3v) is 5.56. The van der Waals surface area contributed by atoms with Gasteiger partial charge in [0.15, 0.2) is 5.76 Å². The van der Waals surface area contributed by atoms with Gasteiger partial charge in [-0.2, -0.15) is 13.2 Å². The summed E-state index contributed by atoms with van der Waals surface area (Å²) in [6.07, 6.45) is -4.45. The van der Waals surface area contributed by atoms with Crippen LogP contribution in [0.4, 0.5) is 19.0 Å². The summed E-state index contributed by atoms with van der Waals surface area (Å²) >= 11 is 0. The van der Waals surface area contributed by atoms with E-state index in [-0.39, 0.29) is 28.9 Å². The molecular formula is C24H25F3N4O2. The highest BCUT2D eigenvalue weighted by Crippen LogP contribution is 2.33. The van der Waals surface area contributed by atoms with E-state index in [2.05, 4.69) is 14.9 Å². The first-order valence-corrected chi connectivity index (χ1v) is 10.8. The Morgan fingerprint density at radius 3 is 2.42 bits per heavy atom. The molecule has 1 fully saturated rings. The Kier molecular flexibility index (Phi) is 6.14. The van der Waals surface area contributed by atoms with Crippen LogP contribution in [-0.2, 0) is 6.18 Å². The first-order chi connectivity index (χ1) is 15.6. The van der Waals surface area contributed by atoms with Crippen molar-refractivity contribution < 1.29 is 22.4 Å². The summed E-state index contributed by atoms with van der Waals surface area (Å²) in [4.78, 5) is 25.9. The maximum absolute atomic E-state index is 13.0. The number of alkyl halides is 3. The third-order valence-electron chi connectivity index (χ3n) is 5.56. The highest BCUT2D eigenvalue weighted by atomic mass is 19.4. The molecule has 0 unspecified atom stereocenters. The SMILES string of the molecule is Cc1cc(N2CCN(C(=O)c3ccc(-c4cccc(C(F)(F)F)c4)o3)CC2)nc(C(C)C)n1. The van der Waals surface area contributed by atoms with Crippen LogP contribution in [0, 0.1) is 6.92 Å². The fourth-order valence-electron chi connectivity index (χ4n) is 3.75. The van der Waals surface area contributed by atoms with Crippen molar-refractivity contribution >= 4 is 11.7 Å². The number of amides is 1. The number of anilines is 1. The van der Waals surface area contributed by atoms with Crippen molar-refractivity contribution in [1.29, 1.82) is 0 Å². The second-order valence-electron chi connectivity index (χ2n) is 8.40. The zero-order chi connectivity index (χ0) is 23.8. The van der Waals surface area contributed by atoms with Crippen molar-refractivity contribution in [2.75, 3.05) is 31.1 Å². The van der Waals surface area contributed by atoms with Gasteiger partial charge < -0.3 is 14.2 Å². The molecule has 0 saturated carbocycles. The van der Waals surface area contributed by atoms with Crippen molar-refractivity contribution in [3.63, 3.8) is 0 Å². The molecule has 1 aliphatic heterocycles. The first-order valence-electron chi connectivity index (χ1n) is 10.8. The predicted molar refractivity (Wildman–Crippen MR) is 118 cm³/mol. The van der Waals surface area contributed by atoms with Gasteiger partial charge in [-0.3, -0.25) is 4.79 Å². The summed E-state index contributed by atoms with van der Waals surface area (Å²) in [5.74, 6) is 1.91. The van der Waals surface area contributed by atoms with E-state index < -0.39 is 11.7 Å². The minimum Gasteiger partial charge on any atom is -0.451 e. The molecule has 9 heteroatoms. The molecule has 0 radical (unpaired) electrons. The Balaban J connectivity index is 1.44. The van der Waals surface area contributed by atoms with Crippen molar-refractivity contribution in [2.24, 2.45) is 0 Å². The van der Waals surface area contributed by atoms with Crippen LogP contribution in [0.2, 0.25) is 0 Å². The number of benzene rings is 1. The molecule has 0 spiro atoms. The second-order valence-corrected chi connectivity index (χ2v) is 8.40. The summed E-state index contributed by atoms with van der Waals surface area (Å²) in [5.41, 5.74) is 0.412. The van der Waals surface area contributed by atoms with Gasteiger partial charge >= 0.3 is 6.18 Å². The summed E-state index contributed by atoms with van der Waals surface area (Å²) in [7, 11) is 0. The number of aryl methyl sites for hydroxylation is 1. The zero-order valence-electron chi connectivity index (χ0n) is 18.7. The topological polar surface area (TPSA) is 62.5 Å². The van der Waals surface area contributed by atoms with Crippen molar-refractivity contribution in [2.45, 2.75) is 32.9 Å². The van der Waals surface area contributed by atoms with Gasteiger partial charge in [-0.25, -0.2) is 9.97 Å². The molecular weight excluding hydrogens is 433 g/mol. The Hall–Kier alpha value is -3.36. The maximum Gasteiger partial charge on any atom is 0.416 e. The predicted octanol–water partition coefficient (Wildman–Crippen LogP) is 5.15. The van der Waals surface area contributed by atoms with Crippen LogP contribution in [0.25, 0.3) is 11.3 Å². The van der Waals surface area contributed by atoms with E-state index >= 15 is 0 Å². The van der Waals surface area contributed by atoms with Crippen molar-refractivity contribution in [3.8, 4) is 11.3 Å². The lowest BCUT2D eigenvalue weighted by Gasteiger charge is -2.35. The fraction of sp³-hybridized carbons (Fsp3) is 0.375. The molecule has 0 aliphatic carbocycles. The van der Waals surface area contributed by atoms with Gasteiger partial charge in [0.25, 0.3) is 5.91 Å². The number of halogens is 3. The van der Waals surface area contributed by atoms with Crippen LogP contribution in [-0.4, -0.2) is 47.0 Å². The molecule has 33 heavy (non-hydrogen) atoms. The van der Waals surface area contributed by atoms with Crippen molar-refractivity contribution in [1.82, 2.24) is 14.9 Å². The zero-order valence-corrected chi connectivity index (χ0v) is 18.7. The molecule has 2 aromatic heterocycles. The normalized spacial score (nSPS) is 14.8. The van der Waals surface area contributed by atoms with E-state index in [1.165, 1.54) is 24.3 Å². The van der Waals surface area contributed by atoms with Crippen LogP contribution in [0.15, 0.2) is 46.9 Å². The lowest BCUT2D eigenvalue weighted by atomic mass is 10.1. The molecule has 1 aromatic carbocycles. The van der Waals surface area contributed by atoms with Crippen LogP contribution in [0.1, 0.15) is 47.4 Å². The Morgan fingerprint density at radius 1 is 1.03 bits per heavy atom. The number of carbonyl (C=O) groups is 1. The van der Waals surface area contributed by atoms with E-state index in [4.69, 9.17) is 4.42 Å². The molecule has 3 aromatic rings. The van der Waals surface area contributed by atoms with E-state index in [9.17, 15) is 18.0 Å². The molecule has 1 amide bonds. The number of carbonyl (C=O) groups excluding carboxylic acids is 1.